The molecular formula is C20H15N5O5S. The fourth-order valence-electron chi connectivity index (χ4n) is 2.89. The largest absolute Gasteiger partial charge is 0.476 e. The minimum Gasteiger partial charge on any atom is -0.476 e. The van der Waals surface area contributed by atoms with Gasteiger partial charge in [0.15, 0.2) is 28.6 Å². The molecule has 31 heavy (non-hydrogen) atoms. The van der Waals surface area contributed by atoms with Crippen LogP contribution in [-0.4, -0.2) is 42.7 Å². The summed E-state index contributed by atoms with van der Waals surface area (Å²) in [5.41, 5.74) is 6.09. The van der Waals surface area contributed by atoms with Gasteiger partial charge in [-0.2, -0.15) is 9.78 Å². The molecule has 4 rings (SSSR count). The van der Waals surface area contributed by atoms with Crippen LogP contribution in [0.25, 0.3) is 22.9 Å². The molecule has 0 atom stereocenters. The zero-order valence-electron chi connectivity index (χ0n) is 16.1. The molecule has 3 aromatic heterocycles. The summed E-state index contributed by atoms with van der Waals surface area (Å²) >= 11 is 1.29. The zero-order valence-corrected chi connectivity index (χ0v) is 16.9. The van der Waals surface area contributed by atoms with Gasteiger partial charge in [0.1, 0.15) is 0 Å². The van der Waals surface area contributed by atoms with E-state index in [1.165, 1.54) is 23.1 Å². The van der Waals surface area contributed by atoms with Gasteiger partial charge in [0.25, 0.3) is 11.8 Å². The zero-order chi connectivity index (χ0) is 22.1. The highest BCUT2D eigenvalue weighted by Crippen LogP contribution is 2.30. The summed E-state index contributed by atoms with van der Waals surface area (Å²) < 4.78 is 5.68. The number of nitrogens with zero attached hydrogens (tertiary/aromatic N) is 4. The number of thiophene rings is 1. The molecule has 0 unspecified atom stereocenters. The third-order valence-electron chi connectivity index (χ3n) is 4.28. The summed E-state index contributed by atoms with van der Waals surface area (Å²) in [5, 5.41) is 19.6. The van der Waals surface area contributed by atoms with Gasteiger partial charge in [-0.15, -0.1) is 21.5 Å². The average Bonchev–Trinajstić information content (AvgIpc) is 3.46. The molecule has 10 nitrogen and oxygen atoms in total. The molecule has 3 heterocycles. The van der Waals surface area contributed by atoms with Crippen LogP contribution < -0.4 is 5.73 Å². The summed E-state index contributed by atoms with van der Waals surface area (Å²) in [5.74, 6) is -2.38. The molecule has 0 fully saturated rings. The first kappa shape index (κ1) is 20.2. The van der Waals surface area contributed by atoms with Crippen molar-refractivity contribution in [1.29, 1.82) is 0 Å². The molecule has 3 N–H and O–H groups in total. The predicted molar refractivity (Wildman–Crippen MR) is 110 cm³/mol. The summed E-state index contributed by atoms with van der Waals surface area (Å²) in [6, 6.07) is 10.3. The maximum atomic E-state index is 11.9. The second kappa shape index (κ2) is 7.95. The lowest BCUT2D eigenvalue weighted by Gasteiger charge is -1.96. The molecule has 1 amide bonds. The normalized spacial score (nSPS) is 10.9. The number of carbonyl (C=O) groups is 3. The highest BCUT2D eigenvalue weighted by molar-refractivity contribution is 7.12. The Bertz CT molecular complexity index is 1300. The summed E-state index contributed by atoms with van der Waals surface area (Å²) in [6.07, 6.45) is 0. The highest BCUT2D eigenvalue weighted by Gasteiger charge is 2.27. The van der Waals surface area contributed by atoms with Gasteiger partial charge in [-0.1, -0.05) is 30.3 Å². The van der Waals surface area contributed by atoms with E-state index in [9.17, 15) is 19.5 Å². The molecule has 0 spiro atoms. The van der Waals surface area contributed by atoms with Gasteiger partial charge >= 0.3 is 5.97 Å². The Balaban J connectivity index is 1.76. The van der Waals surface area contributed by atoms with Gasteiger partial charge in [-0.05, 0) is 23.9 Å². The first-order valence-electron chi connectivity index (χ1n) is 8.96. The van der Waals surface area contributed by atoms with Gasteiger partial charge in [-0.25, -0.2) is 4.79 Å². The van der Waals surface area contributed by atoms with Crippen molar-refractivity contribution >= 4 is 29.0 Å². The number of ketones is 1. The molecule has 156 valence electrons. The van der Waals surface area contributed by atoms with Crippen molar-refractivity contribution in [3.63, 3.8) is 0 Å². The molecule has 0 radical (unpaired) electrons. The van der Waals surface area contributed by atoms with E-state index in [2.05, 4.69) is 15.2 Å². The van der Waals surface area contributed by atoms with E-state index in [1.54, 1.807) is 41.8 Å². The third kappa shape index (κ3) is 3.98. The number of oxazole rings is 1. The number of rotatable bonds is 7. The van der Waals surface area contributed by atoms with E-state index in [1.807, 2.05) is 0 Å². The van der Waals surface area contributed by atoms with Crippen LogP contribution in [0.15, 0.2) is 46.2 Å². The molecule has 0 aliphatic rings. The lowest BCUT2D eigenvalue weighted by molar-refractivity contribution is 0.0691. The van der Waals surface area contributed by atoms with Crippen molar-refractivity contribution in [1.82, 2.24) is 20.0 Å². The van der Waals surface area contributed by atoms with Gasteiger partial charge in [0.2, 0.25) is 0 Å². The van der Waals surface area contributed by atoms with Crippen LogP contribution in [0.2, 0.25) is 0 Å². The predicted octanol–water partition coefficient (Wildman–Crippen LogP) is 2.71. The number of primary amides is 1. The van der Waals surface area contributed by atoms with Crippen LogP contribution >= 0.6 is 11.3 Å². The van der Waals surface area contributed by atoms with Crippen molar-refractivity contribution in [2.45, 2.75) is 13.5 Å². The summed E-state index contributed by atoms with van der Waals surface area (Å²) in [6.45, 7) is 1.64. The van der Waals surface area contributed by atoms with Crippen LogP contribution in [0.3, 0.4) is 0 Å². The molecule has 0 saturated carbocycles. The fraction of sp³-hybridized carbons (Fsp3) is 0.100. The quantitative estimate of drug-likeness (QED) is 0.418. The minimum absolute atomic E-state index is 0.0250. The Morgan fingerprint density at radius 1 is 1.16 bits per heavy atom. The number of nitrogens with two attached hydrogens (primary N) is 1. The maximum Gasteiger partial charge on any atom is 0.358 e. The highest BCUT2D eigenvalue weighted by atomic mass is 32.1. The second-order valence-corrected chi connectivity index (χ2v) is 7.45. The SMILES string of the molecule is CC(=O)c1cc(Cn2nc(C(N)=O)c(-c3nc(C(=O)O)c(-c4ccccc4)o3)n2)cs1. The van der Waals surface area contributed by atoms with Gasteiger partial charge in [0, 0.05) is 5.56 Å². The molecule has 0 saturated heterocycles. The Kier molecular flexibility index (Phi) is 5.17. The van der Waals surface area contributed by atoms with E-state index in [-0.39, 0.29) is 41.1 Å². The smallest absolute Gasteiger partial charge is 0.358 e. The fourth-order valence-corrected chi connectivity index (χ4v) is 3.69. The topological polar surface area (TPSA) is 154 Å². The molecule has 4 aromatic rings. The second-order valence-electron chi connectivity index (χ2n) is 6.54. The Labute approximate surface area is 178 Å². The van der Waals surface area contributed by atoms with Crippen LogP contribution in [0.5, 0.6) is 0 Å². The number of carboxylic acids is 1. The van der Waals surface area contributed by atoms with Crippen LogP contribution in [0, 0.1) is 0 Å². The lowest BCUT2D eigenvalue weighted by Crippen LogP contribution is -2.13. The summed E-state index contributed by atoms with van der Waals surface area (Å²) in [4.78, 5) is 40.9. The maximum absolute atomic E-state index is 11.9. The standard InChI is InChI=1S/C20H15N5O5S/c1-10(26)13-7-11(9-31-13)8-25-23-14(18(21)27)15(24-25)19-22-16(20(28)29)17(30-19)12-5-3-2-4-6-12/h2-7,9H,8H2,1H3,(H2,21,27)(H,28,29). The Morgan fingerprint density at radius 2 is 1.90 bits per heavy atom. The number of aromatic nitrogens is 4. The lowest BCUT2D eigenvalue weighted by atomic mass is 10.1. The number of aromatic carboxylic acids is 1. The molecule has 1 aromatic carbocycles. The van der Waals surface area contributed by atoms with Gasteiger partial charge < -0.3 is 15.3 Å². The number of benzene rings is 1. The number of hydrogen-bond donors (Lipinski definition) is 2. The van der Waals surface area contributed by atoms with E-state index >= 15 is 0 Å². The average molecular weight is 437 g/mol. The number of carboxylic acid groups (broad SMARTS) is 1. The Morgan fingerprint density at radius 3 is 2.52 bits per heavy atom. The van der Waals surface area contributed by atoms with Crippen molar-refractivity contribution in [3.8, 4) is 22.9 Å². The van der Waals surface area contributed by atoms with Crippen LogP contribution in [0.4, 0.5) is 0 Å². The molecule has 0 aliphatic carbocycles. The summed E-state index contributed by atoms with van der Waals surface area (Å²) in [7, 11) is 0. The van der Waals surface area contributed by atoms with E-state index in [4.69, 9.17) is 10.2 Å². The van der Waals surface area contributed by atoms with Crippen molar-refractivity contribution in [2.75, 3.05) is 0 Å². The van der Waals surface area contributed by atoms with Gasteiger partial charge in [-0.3, -0.25) is 9.59 Å². The number of carbonyl (C=O) groups excluding carboxylic acids is 2. The third-order valence-corrected chi connectivity index (χ3v) is 5.36. The molecule has 0 bridgehead atoms. The van der Waals surface area contributed by atoms with E-state index in [0.717, 1.165) is 5.56 Å². The number of amides is 1. The molecular weight excluding hydrogens is 422 g/mol. The van der Waals surface area contributed by atoms with E-state index in [0.29, 0.717) is 10.4 Å². The Hall–Kier alpha value is -4.12. The van der Waals surface area contributed by atoms with Crippen LogP contribution in [0.1, 0.15) is 43.1 Å². The number of hydrogen-bond acceptors (Lipinski definition) is 8. The van der Waals surface area contributed by atoms with Gasteiger partial charge in [0.05, 0.1) is 11.4 Å². The minimum atomic E-state index is -1.29. The first-order chi connectivity index (χ1) is 14.8. The van der Waals surface area contributed by atoms with Crippen molar-refractivity contribution < 1.29 is 23.9 Å². The molecule has 11 heteroatoms. The van der Waals surface area contributed by atoms with E-state index < -0.39 is 11.9 Å². The molecule has 0 aliphatic heterocycles. The van der Waals surface area contributed by atoms with Crippen molar-refractivity contribution in [3.05, 3.63) is 63.6 Å². The van der Waals surface area contributed by atoms with Crippen LogP contribution in [-0.2, 0) is 6.54 Å². The number of Topliss-reactive ketones (excluding diaryl/α,β-unsaturated/α-hetero) is 1. The monoisotopic (exact) mass is 437 g/mol. The first-order valence-corrected chi connectivity index (χ1v) is 9.84. The van der Waals surface area contributed by atoms with Crippen molar-refractivity contribution in [2.24, 2.45) is 5.73 Å².